The van der Waals surface area contributed by atoms with Crippen molar-refractivity contribution in [3.8, 4) is 0 Å². The minimum absolute atomic E-state index is 0.0398. The van der Waals surface area contributed by atoms with E-state index in [1.54, 1.807) is 6.07 Å². The Kier molecular flexibility index (Phi) is 3.79. The first-order chi connectivity index (χ1) is 7.11. The number of carbonyl (C=O) groups is 2. The highest BCUT2D eigenvalue weighted by Crippen LogP contribution is 2.05. The second-order valence-electron chi connectivity index (χ2n) is 2.95. The van der Waals surface area contributed by atoms with E-state index >= 15 is 0 Å². The standard InChI is InChI=1S/C10H11FN2O2/c11-8-4-2-1-3-7(8)10(15)13-6-5-9(12)14/h1-4H,5-6H2,(H2,12,14)(H,13,15). The van der Waals surface area contributed by atoms with Crippen LogP contribution in [0.4, 0.5) is 4.39 Å². The van der Waals surface area contributed by atoms with Crippen LogP contribution in [0.3, 0.4) is 0 Å². The van der Waals surface area contributed by atoms with Crippen LogP contribution in [0, 0.1) is 5.82 Å². The van der Waals surface area contributed by atoms with E-state index in [1.807, 2.05) is 0 Å². The molecule has 0 heterocycles. The van der Waals surface area contributed by atoms with Crippen LogP contribution < -0.4 is 11.1 Å². The molecular formula is C10H11FN2O2. The van der Waals surface area contributed by atoms with Gasteiger partial charge in [0, 0.05) is 13.0 Å². The van der Waals surface area contributed by atoms with E-state index < -0.39 is 17.6 Å². The maximum Gasteiger partial charge on any atom is 0.254 e. The Bertz CT molecular complexity index is 379. The molecule has 0 fully saturated rings. The summed E-state index contributed by atoms with van der Waals surface area (Å²) in [6.45, 7) is 0.114. The van der Waals surface area contributed by atoms with Crippen LogP contribution in [0.2, 0.25) is 0 Å². The summed E-state index contributed by atoms with van der Waals surface area (Å²) in [5.41, 5.74) is 4.84. The summed E-state index contributed by atoms with van der Waals surface area (Å²) in [6, 6.07) is 5.62. The highest BCUT2D eigenvalue weighted by atomic mass is 19.1. The fourth-order valence-corrected chi connectivity index (χ4v) is 1.04. The van der Waals surface area contributed by atoms with Gasteiger partial charge in [-0.1, -0.05) is 12.1 Å². The van der Waals surface area contributed by atoms with Crippen LogP contribution in [-0.2, 0) is 4.79 Å². The van der Waals surface area contributed by atoms with Gasteiger partial charge in [-0.05, 0) is 12.1 Å². The zero-order valence-corrected chi connectivity index (χ0v) is 8.00. The van der Waals surface area contributed by atoms with E-state index in [1.165, 1.54) is 18.2 Å². The third-order valence-corrected chi connectivity index (χ3v) is 1.78. The number of nitrogens with one attached hydrogen (secondary N) is 1. The van der Waals surface area contributed by atoms with Gasteiger partial charge in [-0.2, -0.15) is 0 Å². The summed E-state index contributed by atoms with van der Waals surface area (Å²) >= 11 is 0. The third-order valence-electron chi connectivity index (χ3n) is 1.78. The molecule has 0 spiro atoms. The van der Waals surface area contributed by atoms with Crippen LogP contribution in [0.25, 0.3) is 0 Å². The number of hydrogen-bond donors (Lipinski definition) is 2. The van der Waals surface area contributed by atoms with Gasteiger partial charge >= 0.3 is 0 Å². The second kappa shape index (κ2) is 5.09. The van der Waals surface area contributed by atoms with Crippen molar-refractivity contribution in [2.75, 3.05) is 6.54 Å². The van der Waals surface area contributed by atoms with Crippen molar-refractivity contribution < 1.29 is 14.0 Å². The number of hydrogen-bond acceptors (Lipinski definition) is 2. The molecule has 0 unspecified atom stereocenters. The van der Waals surface area contributed by atoms with Gasteiger partial charge < -0.3 is 11.1 Å². The van der Waals surface area contributed by atoms with E-state index in [4.69, 9.17) is 5.73 Å². The number of rotatable bonds is 4. The minimum Gasteiger partial charge on any atom is -0.370 e. The molecule has 0 atom stereocenters. The molecule has 0 aliphatic rings. The highest BCUT2D eigenvalue weighted by Gasteiger charge is 2.09. The van der Waals surface area contributed by atoms with E-state index in [0.29, 0.717) is 0 Å². The average molecular weight is 210 g/mol. The molecule has 0 aromatic heterocycles. The van der Waals surface area contributed by atoms with Crippen molar-refractivity contribution in [3.63, 3.8) is 0 Å². The van der Waals surface area contributed by atoms with Crippen molar-refractivity contribution in [1.82, 2.24) is 5.32 Å². The Morgan fingerprint density at radius 2 is 2.00 bits per heavy atom. The lowest BCUT2D eigenvalue weighted by molar-refractivity contribution is -0.117. The van der Waals surface area contributed by atoms with Crippen molar-refractivity contribution in [2.24, 2.45) is 5.73 Å². The molecule has 0 aliphatic heterocycles. The lowest BCUT2D eigenvalue weighted by atomic mass is 10.2. The first kappa shape index (κ1) is 11.2. The Labute approximate surface area is 86.3 Å². The Balaban J connectivity index is 2.54. The molecule has 1 aromatic carbocycles. The highest BCUT2D eigenvalue weighted by molar-refractivity contribution is 5.94. The third kappa shape index (κ3) is 3.38. The number of carbonyl (C=O) groups excluding carboxylic acids is 2. The first-order valence-corrected chi connectivity index (χ1v) is 4.42. The number of amides is 2. The summed E-state index contributed by atoms with van der Waals surface area (Å²) in [7, 11) is 0. The lowest BCUT2D eigenvalue weighted by Gasteiger charge is -2.04. The summed E-state index contributed by atoms with van der Waals surface area (Å²) in [6.07, 6.45) is 0.0419. The Hall–Kier alpha value is -1.91. The van der Waals surface area contributed by atoms with Gasteiger partial charge in [0.1, 0.15) is 5.82 Å². The van der Waals surface area contributed by atoms with E-state index in [2.05, 4.69) is 5.32 Å². The van der Waals surface area contributed by atoms with Gasteiger partial charge in [0.15, 0.2) is 0 Å². The summed E-state index contributed by atoms with van der Waals surface area (Å²) in [4.78, 5) is 21.7. The van der Waals surface area contributed by atoms with E-state index in [9.17, 15) is 14.0 Å². The monoisotopic (exact) mass is 210 g/mol. The molecule has 4 nitrogen and oxygen atoms in total. The van der Waals surface area contributed by atoms with Gasteiger partial charge in [-0.3, -0.25) is 9.59 Å². The summed E-state index contributed by atoms with van der Waals surface area (Å²) < 4.78 is 13.1. The molecule has 15 heavy (non-hydrogen) atoms. The molecule has 0 bridgehead atoms. The number of halogens is 1. The molecule has 1 rings (SSSR count). The van der Waals surface area contributed by atoms with Gasteiger partial charge in [0.25, 0.3) is 5.91 Å². The van der Waals surface area contributed by atoms with Gasteiger partial charge in [0.05, 0.1) is 5.56 Å². The maximum atomic E-state index is 13.1. The maximum absolute atomic E-state index is 13.1. The molecule has 5 heteroatoms. The van der Waals surface area contributed by atoms with Crippen molar-refractivity contribution in [2.45, 2.75) is 6.42 Å². The van der Waals surface area contributed by atoms with Crippen LogP contribution in [-0.4, -0.2) is 18.4 Å². The smallest absolute Gasteiger partial charge is 0.254 e. The molecule has 80 valence electrons. The quantitative estimate of drug-likeness (QED) is 0.756. The molecule has 0 radical (unpaired) electrons. The van der Waals surface area contributed by atoms with E-state index in [-0.39, 0.29) is 18.5 Å². The predicted molar refractivity (Wildman–Crippen MR) is 52.5 cm³/mol. The average Bonchev–Trinajstić information content (AvgIpc) is 2.17. The molecule has 2 amide bonds. The topological polar surface area (TPSA) is 72.2 Å². The Morgan fingerprint density at radius 1 is 1.33 bits per heavy atom. The number of benzene rings is 1. The normalized spacial score (nSPS) is 9.67. The van der Waals surface area contributed by atoms with Crippen LogP contribution >= 0.6 is 0 Å². The number of primary amides is 1. The van der Waals surface area contributed by atoms with Crippen LogP contribution in [0.15, 0.2) is 24.3 Å². The molecule has 0 saturated heterocycles. The predicted octanol–water partition coefficient (Wildman–Crippen LogP) is 0.431. The van der Waals surface area contributed by atoms with Gasteiger partial charge in [-0.15, -0.1) is 0 Å². The van der Waals surface area contributed by atoms with E-state index in [0.717, 1.165) is 0 Å². The first-order valence-electron chi connectivity index (χ1n) is 4.42. The number of nitrogens with two attached hydrogens (primary N) is 1. The van der Waals surface area contributed by atoms with Crippen LogP contribution in [0.5, 0.6) is 0 Å². The fourth-order valence-electron chi connectivity index (χ4n) is 1.04. The molecule has 3 N–H and O–H groups in total. The Morgan fingerprint density at radius 3 is 2.60 bits per heavy atom. The zero-order valence-electron chi connectivity index (χ0n) is 8.00. The summed E-state index contributed by atoms with van der Waals surface area (Å²) in [5.74, 6) is -1.65. The van der Waals surface area contributed by atoms with Gasteiger partial charge in [0.2, 0.25) is 5.91 Å². The molecular weight excluding hydrogens is 199 g/mol. The fraction of sp³-hybridized carbons (Fsp3) is 0.200. The van der Waals surface area contributed by atoms with Crippen molar-refractivity contribution in [1.29, 1.82) is 0 Å². The van der Waals surface area contributed by atoms with Crippen LogP contribution in [0.1, 0.15) is 16.8 Å². The lowest BCUT2D eigenvalue weighted by Crippen LogP contribution is -2.28. The molecule has 0 aliphatic carbocycles. The SMILES string of the molecule is NC(=O)CCNC(=O)c1ccccc1F. The zero-order chi connectivity index (χ0) is 11.3. The second-order valence-corrected chi connectivity index (χ2v) is 2.95. The van der Waals surface area contributed by atoms with Crippen molar-refractivity contribution >= 4 is 11.8 Å². The largest absolute Gasteiger partial charge is 0.370 e. The molecule has 1 aromatic rings. The van der Waals surface area contributed by atoms with Crippen molar-refractivity contribution in [3.05, 3.63) is 35.6 Å². The minimum atomic E-state index is -0.589. The summed E-state index contributed by atoms with van der Waals surface area (Å²) in [5, 5.41) is 2.39. The van der Waals surface area contributed by atoms with Gasteiger partial charge in [-0.25, -0.2) is 4.39 Å². The molecule has 0 saturated carbocycles.